The number of hydrogen-bond acceptors (Lipinski definition) is 4. The van der Waals surface area contributed by atoms with Crippen molar-refractivity contribution in [3.05, 3.63) is 35.9 Å². The predicted octanol–water partition coefficient (Wildman–Crippen LogP) is 1.80. The summed E-state index contributed by atoms with van der Waals surface area (Å²) in [5, 5.41) is 0. The van der Waals surface area contributed by atoms with Gasteiger partial charge in [0.1, 0.15) is 0 Å². The molecule has 17 heavy (non-hydrogen) atoms. The predicted molar refractivity (Wildman–Crippen MR) is 84.1 cm³/mol. The maximum Gasteiger partial charge on any atom is 2.00 e. The zero-order chi connectivity index (χ0) is 13.0. The summed E-state index contributed by atoms with van der Waals surface area (Å²) in [6.45, 7) is 2.16. The van der Waals surface area contributed by atoms with Gasteiger partial charge in [-0.25, -0.2) is 0 Å². The summed E-state index contributed by atoms with van der Waals surface area (Å²) in [5.41, 5.74) is 10.7. The normalized spacial score (nSPS) is 7.12. The van der Waals surface area contributed by atoms with Crippen LogP contribution in [0.4, 0.5) is 0 Å². The summed E-state index contributed by atoms with van der Waals surface area (Å²) in [4.78, 5) is 0. The molecule has 0 aliphatic heterocycles. The van der Waals surface area contributed by atoms with Gasteiger partial charge in [-0.05, 0) is 12.0 Å². The topological polar surface area (TPSA) is 52.0 Å². The first-order chi connectivity index (χ1) is 7.40. The molecule has 0 bridgehead atoms. The Kier molecular flexibility index (Phi) is 21.0. The standard InChI is InChI=1S/C8H10.2CH3NS2.Zn/c1-2-8-6-4-3-5-7-8;2*2-1(3)4;/h3-7H,2H2,1H3;2*(H3,2,3,4);/q;;;+2/p-2. The molecular weight excluding hydrogens is 342 g/mol. The zero-order valence-corrected chi connectivity index (χ0v) is 15.8. The van der Waals surface area contributed by atoms with E-state index in [1.54, 1.807) is 0 Å². The minimum absolute atomic E-state index is 0. The molecule has 0 spiro atoms. The smallest absolute Gasteiger partial charge is 0.415 e. The van der Waals surface area contributed by atoms with E-state index in [4.69, 9.17) is 0 Å². The molecule has 0 aliphatic rings. The quantitative estimate of drug-likeness (QED) is 0.455. The monoisotopic (exact) mass is 354 g/mol. The number of thiocarbonyl (C=S) groups is 2. The fourth-order valence-corrected chi connectivity index (χ4v) is 0.714. The van der Waals surface area contributed by atoms with Crippen molar-refractivity contribution in [2.24, 2.45) is 11.5 Å². The second-order valence-corrected chi connectivity index (χ2v) is 4.75. The summed E-state index contributed by atoms with van der Waals surface area (Å²) in [5.74, 6) is 0. The Balaban J connectivity index is -0.000000189. The molecular formula is C10H14N2S4Zn. The summed E-state index contributed by atoms with van der Waals surface area (Å²) in [7, 11) is 0. The fraction of sp³-hybridized carbons (Fsp3) is 0.200. The third-order valence-electron chi connectivity index (χ3n) is 1.25. The van der Waals surface area contributed by atoms with E-state index in [1.807, 2.05) is 6.07 Å². The molecule has 7 heteroatoms. The van der Waals surface area contributed by atoms with Crippen molar-refractivity contribution < 1.29 is 19.5 Å². The Morgan fingerprint density at radius 2 is 1.35 bits per heavy atom. The van der Waals surface area contributed by atoms with Crippen LogP contribution in [0.1, 0.15) is 12.5 Å². The first-order valence-corrected chi connectivity index (χ1v) is 6.00. The largest absolute Gasteiger partial charge is 2.00 e. The van der Waals surface area contributed by atoms with E-state index < -0.39 is 0 Å². The Morgan fingerprint density at radius 1 is 1.06 bits per heavy atom. The number of rotatable bonds is 1. The van der Waals surface area contributed by atoms with Crippen molar-refractivity contribution in [3.63, 3.8) is 0 Å². The third kappa shape index (κ3) is 31.4. The Morgan fingerprint density at radius 3 is 1.53 bits per heavy atom. The minimum atomic E-state index is 0. The van der Waals surface area contributed by atoms with Crippen LogP contribution in [0.15, 0.2) is 30.3 Å². The van der Waals surface area contributed by atoms with Gasteiger partial charge in [0.25, 0.3) is 0 Å². The minimum Gasteiger partial charge on any atom is -0.415 e. The summed E-state index contributed by atoms with van der Waals surface area (Å²) in [6.07, 6.45) is 1.14. The number of nitrogens with two attached hydrogens (primary N) is 2. The molecule has 1 rings (SSSR count). The molecule has 0 saturated heterocycles. The molecule has 2 nitrogen and oxygen atoms in total. The Hall–Kier alpha value is 0.0634. The molecule has 0 unspecified atom stereocenters. The molecule has 0 heterocycles. The molecule has 0 aromatic heterocycles. The fourth-order valence-electron chi connectivity index (χ4n) is 0.714. The third-order valence-corrected chi connectivity index (χ3v) is 1.25. The number of benzene rings is 1. The average molecular weight is 356 g/mol. The van der Waals surface area contributed by atoms with E-state index in [0.717, 1.165) is 6.42 Å². The van der Waals surface area contributed by atoms with Crippen LogP contribution in [0.25, 0.3) is 0 Å². The summed E-state index contributed by atoms with van der Waals surface area (Å²) < 4.78 is 0.167. The molecule has 0 radical (unpaired) electrons. The second kappa shape index (κ2) is 16.1. The zero-order valence-electron chi connectivity index (χ0n) is 9.59. The first kappa shape index (κ1) is 22.3. The van der Waals surface area contributed by atoms with Crippen molar-refractivity contribution >= 4 is 58.3 Å². The summed E-state index contributed by atoms with van der Waals surface area (Å²) in [6, 6.07) is 10.5. The van der Waals surface area contributed by atoms with Crippen LogP contribution in [0.5, 0.6) is 0 Å². The molecule has 1 aromatic carbocycles. The maximum atomic E-state index is 4.66. The van der Waals surface area contributed by atoms with E-state index in [1.165, 1.54) is 5.56 Å². The molecule has 0 atom stereocenters. The van der Waals surface area contributed by atoms with Crippen LogP contribution >= 0.6 is 24.4 Å². The molecule has 0 saturated carbocycles. The molecule has 0 amide bonds. The number of aryl methyl sites for hydroxylation is 1. The Bertz CT molecular complexity index is 286. The van der Waals surface area contributed by atoms with Crippen molar-refractivity contribution in [2.45, 2.75) is 13.3 Å². The van der Waals surface area contributed by atoms with Crippen LogP contribution in [-0.4, -0.2) is 8.64 Å². The van der Waals surface area contributed by atoms with Gasteiger partial charge in [-0.1, -0.05) is 45.9 Å². The van der Waals surface area contributed by atoms with Gasteiger partial charge < -0.3 is 61.2 Å². The summed E-state index contributed by atoms with van der Waals surface area (Å²) >= 11 is 16.5. The van der Waals surface area contributed by atoms with Crippen LogP contribution < -0.4 is 11.5 Å². The van der Waals surface area contributed by atoms with Gasteiger partial charge >= 0.3 is 19.5 Å². The van der Waals surface area contributed by atoms with Gasteiger partial charge in [0, 0.05) is 0 Å². The van der Waals surface area contributed by atoms with Gasteiger partial charge in [0.05, 0.1) is 0 Å². The van der Waals surface area contributed by atoms with Crippen LogP contribution in [0.2, 0.25) is 0 Å². The van der Waals surface area contributed by atoms with Crippen molar-refractivity contribution in [1.82, 2.24) is 0 Å². The first-order valence-electron chi connectivity index (χ1n) is 4.37. The van der Waals surface area contributed by atoms with E-state index in [9.17, 15) is 0 Å². The van der Waals surface area contributed by atoms with Gasteiger partial charge in [-0.3, -0.25) is 0 Å². The van der Waals surface area contributed by atoms with Crippen LogP contribution in [0.3, 0.4) is 0 Å². The van der Waals surface area contributed by atoms with E-state index in [0.29, 0.717) is 0 Å². The van der Waals surface area contributed by atoms with Crippen LogP contribution in [0, 0.1) is 0 Å². The van der Waals surface area contributed by atoms with Crippen molar-refractivity contribution in [1.29, 1.82) is 0 Å². The van der Waals surface area contributed by atoms with E-state index in [-0.39, 0.29) is 28.1 Å². The van der Waals surface area contributed by atoms with Crippen molar-refractivity contribution in [3.8, 4) is 0 Å². The van der Waals surface area contributed by atoms with E-state index in [2.05, 4.69) is 92.3 Å². The number of hydrogen-bond donors (Lipinski definition) is 2. The maximum absolute atomic E-state index is 4.66. The van der Waals surface area contributed by atoms with Gasteiger partial charge in [-0.15, -0.1) is 0 Å². The van der Waals surface area contributed by atoms with Crippen molar-refractivity contribution in [2.75, 3.05) is 0 Å². The van der Waals surface area contributed by atoms with Crippen LogP contribution in [-0.2, 0) is 51.2 Å². The van der Waals surface area contributed by atoms with Gasteiger partial charge in [0.2, 0.25) is 0 Å². The van der Waals surface area contributed by atoms with Gasteiger partial charge in [0.15, 0.2) is 0 Å². The molecule has 0 aliphatic carbocycles. The second-order valence-electron chi connectivity index (χ2n) is 2.48. The average Bonchev–Trinajstić information content (AvgIpc) is 2.17. The van der Waals surface area contributed by atoms with E-state index >= 15 is 0 Å². The van der Waals surface area contributed by atoms with Gasteiger partial charge in [-0.2, -0.15) is 0 Å². The molecule has 4 N–H and O–H groups in total. The Labute approximate surface area is 137 Å². The molecule has 90 valence electrons. The SMILES string of the molecule is CCc1ccccc1.NC(=S)[S-].NC(=S)[S-].[Zn+2]. The molecule has 0 fully saturated rings. The molecule has 1 aromatic rings.